The molecule has 0 atom stereocenters. The van der Waals surface area contributed by atoms with E-state index in [1.54, 1.807) is 6.92 Å². The predicted molar refractivity (Wildman–Crippen MR) is 67.4 cm³/mol. The number of rotatable bonds is 5. The first-order valence-electron chi connectivity index (χ1n) is 5.69. The molecule has 0 unspecified atom stereocenters. The molecule has 0 fully saturated rings. The third-order valence-electron chi connectivity index (χ3n) is 2.40. The van der Waals surface area contributed by atoms with Crippen molar-refractivity contribution >= 4 is 19.7 Å². The minimum Gasteiger partial charge on any atom is -0.479 e. The van der Waals surface area contributed by atoms with E-state index in [-0.39, 0.29) is 12.5 Å². The van der Waals surface area contributed by atoms with Gasteiger partial charge in [0.1, 0.15) is 10.7 Å². The quantitative estimate of drug-likeness (QED) is 0.779. The van der Waals surface area contributed by atoms with Crippen LogP contribution < -0.4 is 4.74 Å². The third-order valence-corrected chi connectivity index (χ3v) is 3.73. The van der Waals surface area contributed by atoms with Crippen LogP contribution in [0.15, 0.2) is 21.6 Å². The van der Waals surface area contributed by atoms with Crippen LogP contribution in [0.5, 0.6) is 5.75 Å². The van der Waals surface area contributed by atoms with Gasteiger partial charge in [0.15, 0.2) is 24.0 Å². The molecule has 0 saturated carbocycles. The van der Waals surface area contributed by atoms with Crippen LogP contribution in [0.2, 0.25) is 0 Å². The Hall–Kier alpha value is -1.74. The summed E-state index contributed by atoms with van der Waals surface area (Å²) >= 11 is 0. The number of hydrogen-bond acceptors (Lipinski definition) is 6. The minimum atomic E-state index is -4.38. The largest absolute Gasteiger partial charge is 0.479 e. The third kappa shape index (κ3) is 3.67. The number of aromatic nitrogens is 2. The van der Waals surface area contributed by atoms with Crippen LogP contribution in [0.25, 0.3) is 0 Å². The average Bonchev–Trinajstić information content (AvgIpc) is 2.83. The summed E-state index contributed by atoms with van der Waals surface area (Å²) in [4.78, 5) is 3.09. The molecule has 21 heavy (non-hydrogen) atoms. The summed E-state index contributed by atoms with van der Waals surface area (Å²) in [6, 6.07) is 1.04. The molecule has 1 aromatic carbocycles. The van der Waals surface area contributed by atoms with E-state index in [0.29, 0.717) is 24.4 Å². The maximum atomic E-state index is 13.7. The van der Waals surface area contributed by atoms with E-state index in [4.69, 9.17) is 19.9 Å². The van der Waals surface area contributed by atoms with Crippen LogP contribution in [0.4, 0.5) is 8.78 Å². The molecule has 0 aliphatic rings. The van der Waals surface area contributed by atoms with Gasteiger partial charge < -0.3 is 9.26 Å². The van der Waals surface area contributed by atoms with Crippen molar-refractivity contribution in [1.82, 2.24) is 10.1 Å². The van der Waals surface area contributed by atoms with E-state index in [1.807, 2.05) is 0 Å². The summed E-state index contributed by atoms with van der Waals surface area (Å²) in [7, 11) is 0.742. The van der Waals surface area contributed by atoms with E-state index >= 15 is 0 Å². The molecular weight excluding hydrogens is 330 g/mol. The van der Waals surface area contributed by atoms with E-state index in [0.717, 1.165) is 0 Å². The van der Waals surface area contributed by atoms with E-state index in [9.17, 15) is 17.2 Å². The van der Waals surface area contributed by atoms with Crippen molar-refractivity contribution in [2.24, 2.45) is 0 Å². The molecule has 0 saturated heterocycles. The van der Waals surface area contributed by atoms with Crippen LogP contribution in [-0.4, -0.2) is 18.6 Å². The standard InChI is InChI=1S/C11H9ClF2N2O4S/c1-2-9-15-10(20-16-9)5-19-11-7(14)3-6(13)4-8(11)21(12,17)18/h3-4H,2,5H2,1H3. The van der Waals surface area contributed by atoms with Gasteiger partial charge in [0, 0.05) is 23.2 Å². The molecule has 0 amide bonds. The van der Waals surface area contributed by atoms with Gasteiger partial charge in [-0.25, -0.2) is 17.2 Å². The topological polar surface area (TPSA) is 82.3 Å². The van der Waals surface area contributed by atoms with Gasteiger partial charge in [-0.3, -0.25) is 0 Å². The Labute approximate surface area is 123 Å². The van der Waals surface area contributed by atoms with Gasteiger partial charge in [-0.2, -0.15) is 4.98 Å². The number of hydrogen-bond donors (Lipinski definition) is 0. The Balaban J connectivity index is 2.31. The number of nitrogens with zero attached hydrogens (tertiary/aromatic N) is 2. The van der Waals surface area contributed by atoms with Gasteiger partial charge in [-0.1, -0.05) is 12.1 Å². The van der Waals surface area contributed by atoms with Crippen molar-refractivity contribution in [3.05, 3.63) is 35.5 Å². The highest BCUT2D eigenvalue weighted by Crippen LogP contribution is 2.31. The summed E-state index contributed by atoms with van der Waals surface area (Å²) in [6.07, 6.45) is 0.524. The Morgan fingerprint density at radius 2 is 2.10 bits per heavy atom. The number of ether oxygens (including phenoxy) is 1. The zero-order valence-corrected chi connectivity index (χ0v) is 12.2. The molecule has 6 nitrogen and oxygen atoms in total. The minimum absolute atomic E-state index is 0.0218. The highest BCUT2D eigenvalue weighted by atomic mass is 35.7. The molecule has 0 radical (unpaired) electrons. The Kier molecular flexibility index (Phi) is 4.43. The molecule has 0 N–H and O–H groups in total. The zero-order valence-electron chi connectivity index (χ0n) is 10.6. The van der Waals surface area contributed by atoms with Crippen molar-refractivity contribution in [3.63, 3.8) is 0 Å². The first-order chi connectivity index (χ1) is 9.81. The van der Waals surface area contributed by atoms with Gasteiger partial charge in [-0.15, -0.1) is 0 Å². The van der Waals surface area contributed by atoms with E-state index in [1.165, 1.54) is 0 Å². The summed E-state index contributed by atoms with van der Waals surface area (Å²) in [5.74, 6) is -2.57. The summed E-state index contributed by atoms with van der Waals surface area (Å²) in [5, 5.41) is 3.59. The molecule has 0 bridgehead atoms. The summed E-state index contributed by atoms with van der Waals surface area (Å²) < 4.78 is 59.2. The lowest BCUT2D eigenvalue weighted by Gasteiger charge is -2.09. The summed E-state index contributed by atoms with van der Waals surface area (Å²) in [5.41, 5.74) is 0. The van der Waals surface area contributed by atoms with Gasteiger partial charge in [0.05, 0.1) is 0 Å². The second-order valence-electron chi connectivity index (χ2n) is 3.90. The van der Waals surface area contributed by atoms with Gasteiger partial charge in [0.25, 0.3) is 14.9 Å². The molecule has 2 aromatic rings. The fourth-order valence-electron chi connectivity index (χ4n) is 1.48. The molecule has 0 aliphatic heterocycles. The van der Waals surface area contributed by atoms with Crippen molar-refractivity contribution in [2.45, 2.75) is 24.8 Å². The predicted octanol–water partition coefficient (Wildman–Crippen LogP) is 2.42. The van der Waals surface area contributed by atoms with Crippen LogP contribution in [0.3, 0.4) is 0 Å². The zero-order chi connectivity index (χ0) is 15.6. The molecule has 1 heterocycles. The van der Waals surface area contributed by atoms with E-state index < -0.39 is 31.3 Å². The lowest BCUT2D eigenvalue weighted by Crippen LogP contribution is -2.04. The highest BCUT2D eigenvalue weighted by molar-refractivity contribution is 8.13. The number of benzene rings is 1. The smallest absolute Gasteiger partial charge is 0.265 e. The molecule has 114 valence electrons. The Bertz CT molecular complexity index is 764. The fourth-order valence-corrected chi connectivity index (χ4v) is 2.46. The maximum Gasteiger partial charge on any atom is 0.265 e. The molecule has 0 aliphatic carbocycles. The normalized spacial score (nSPS) is 11.6. The Morgan fingerprint density at radius 1 is 1.38 bits per heavy atom. The number of halogens is 3. The number of aryl methyl sites for hydroxylation is 1. The second-order valence-corrected chi connectivity index (χ2v) is 6.43. The average molecular weight is 339 g/mol. The highest BCUT2D eigenvalue weighted by Gasteiger charge is 2.23. The monoisotopic (exact) mass is 338 g/mol. The molecule has 10 heteroatoms. The molecule has 1 aromatic heterocycles. The first-order valence-corrected chi connectivity index (χ1v) is 8.00. The molecular formula is C11H9ClF2N2O4S. The SMILES string of the molecule is CCc1noc(COc2c(F)cc(F)cc2S(=O)(=O)Cl)n1. The van der Waals surface area contributed by atoms with Crippen molar-refractivity contribution in [2.75, 3.05) is 0 Å². The van der Waals surface area contributed by atoms with Gasteiger partial charge in [-0.05, 0) is 6.07 Å². The van der Waals surface area contributed by atoms with Crippen molar-refractivity contribution in [3.8, 4) is 5.75 Å². The summed E-state index contributed by atoms with van der Waals surface area (Å²) in [6.45, 7) is 1.42. The maximum absolute atomic E-state index is 13.7. The fraction of sp³-hybridized carbons (Fsp3) is 0.273. The second kappa shape index (κ2) is 5.94. The molecule has 2 rings (SSSR count). The Morgan fingerprint density at radius 3 is 2.67 bits per heavy atom. The lowest BCUT2D eigenvalue weighted by molar-refractivity contribution is 0.228. The van der Waals surface area contributed by atoms with E-state index in [2.05, 4.69) is 10.1 Å². The van der Waals surface area contributed by atoms with Gasteiger partial charge >= 0.3 is 0 Å². The lowest BCUT2D eigenvalue weighted by atomic mass is 10.3. The van der Waals surface area contributed by atoms with Crippen molar-refractivity contribution in [1.29, 1.82) is 0 Å². The first kappa shape index (κ1) is 15.6. The van der Waals surface area contributed by atoms with Crippen molar-refractivity contribution < 1.29 is 26.5 Å². The van der Waals surface area contributed by atoms with Crippen LogP contribution in [-0.2, 0) is 22.1 Å². The van der Waals surface area contributed by atoms with Crippen LogP contribution in [0, 0.1) is 11.6 Å². The molecule has 0 spiro atoms. The van der Waals surface area contributed by atoms with Crippen LogP contribution >= 0.6 is 10.7 Å². The van der Waals surface area contributed by atoms with Gasteiger partial charge in [0.2, 0.25) is 0 Å². The van der Waals surface area contributed by atoms with Crippen LogP contribution in [0.1, 0.15) is 18.6 Å².